The highest BCUT2D eigenvalue weighted by Crippen LogP contribution is 2.15. The summed E-state index contributed by atoms with van der Waals surface area (Å²) < 4.78 is 0. The maximum absolute atomic E-state index is 12.4. The second-order valence-corrected chi connectivity index (χ2v) is 18.3. The SMILES string of the molecule is NCCCCNCCCCNCC(CCCCCCNC(=O)CCCCCCCCCCCCCCCCCNC(=O)[C@H](O)[C@@H](O)[C@H](O)[C@H](O)CO)CNCCCCNCCCCN. The minimum absolute atomic E-state index is 0.208. The van der Waals surface area contributed by atoms with Crippen LogP contribution in [0.25, 0.3) is 0 Å². The Hall–Kier alpha value is -1.50. The van der Waals surface area contributed by atoms with Crippen LogP contribution in [0.15, 0.2) is 0 Å². The van der Waals surface area contributed by atoms with Crippen LogP contribution in [0.3, 0.4) is 0 Å². The number of hydrogen-bond donors (Lipinski definition) is 13. The van der Waals surface area contributed by atoms with Crippen molar-refractivity contribution in [3.63, 3.8) is 0 Å². The Morgan fingerprint density at radius 1 is 0.406 bits per heavy atom. The first kappa shape index (κ1) is 62.5. The fourth-order valence-electron chi connectivity index (χ4n) is 7.86. The Labute approximate surface area is 391 Å². The molecule has 0 aliphatic carbocycles. The smallest absolute Gasteiger partial charge is 0.251 e. The normalized spacial score (nSPS) is 13.6. The van der Waals surface area contributed by atoms with Gasteiger partial charge in [0, 0.05) is 19.5 Å². The summed E-state index contributed by atoms with van der Waals surface area (Å²) in [5.74, 6) is 0.0524. The molecule has 0 fully saturated rings. The van der Waals surface area contributed by atoms with Crippen LogP contribution in [-0.2, 0) is 9.59 Å². The van der Waals surface area contributed by atoms with Gasteiger partial charge in [-0.15, -0.1) is 0 Å². The van der Waals surface area contributed by atoms with E-state index in [-0.39, 0.29) is 5.91 Å². The molecule has 0 aromatic heterocycles. The number of amides is 2. The first-order chi connectivity index (χ1) is 31.3. The van der Waals surface area contributed by atoms with Gasteiger partial charge in [0.25, 0.3) is 5.91 Å². The molecular formula is C49H104N8O7. The van der Waals surface area contributed by atoms with E-state index in [4.69, 9.17) is 16.6 Å². The number of nitrogens with one attached hydrogen (secondary N) is 6. The summed E-state index contributed by atoms with van der Waals surface area (Å²) in [5.41, 5.74) is 11.2. The van der Waals surface area contributed by atoms with Crippen LogP contribution < -0.4 is 43.4 Å². The van der Waals surface area contributed by atoms with Gasteiger partial charge in [0.15, 0.2) is 6.10 Å². The Bertz CT molecular complexity index is 968. The van der Waals surface area contributed by atoms with Crippen molar-refractivity contribution in [2.24, 2.45) is 17.4 Å². The molecule has 0 spiro atoms. The monoisotopic (exact) mass is 917 g/mol. The number of rotatable bonds is 52. The topological polar surface area (TPSA) is 260 Å². The molecule has 0 saturated heterocycles. The summed E-state index contributed by atoms with van der Waals surface area (Å²) in [5, 5.41) is 67.7. The molecule has 0 aliphatic heterocycles. The molecule has 2 amide bonds. The molecule has 0 aromatic rings. The first-order valence-corrected chi connectivity index (χ1v) is 26.4. The van der Waals surface area contributed by atoms with Gasteiger partial charge in [-0.1, -0.05) is 103 Å². The highest BCUT2D eigenvalue weighted by Gasteiger charge is 2.33. The molecule has 15 heteroatoms. The number of aliphatic hydroxyl groups is 5. The maximum Gasteiger partial charge on any atom is 0.251 e. The lowest BCUT2D eigenvalue weighted by Crippen LogP contribution is -2.51. The number of aliphatic hydroxyl groups excluding tert-OH is 5. The molecule has 382 valence electrons. The van der Waals surface area contributed by atoms with Crippen LogP contribution in [0, 0.1) is 5.92 Å². The molecule has 0 radical (unpaired) electrons. The molecule has 64 heavy (non-hydrogen) atoms. The fourth-order valence-corrected chi connectivity index (χ4v) is 7.86. The first-order valence-electron chi connectivity index (χ1n) is 26.4. The zero-order chi connectivity index (χ0) is 47.0. The number of carbonyl (C=O) groups is 2. The van der Waals surface area contributed by atoms with Gasteiger partial charge in [0.1, 0.15) is 18.3 Å². The molecule has 0 aliphatic rings. The quantitative estimate of drug-likeness (QED) is 0.0388. The number of unbranched alkanes of at least 4 members (excludes halogenated alkanes) is 21. The van der Waals surface area contributed by atoms with E-state index >= 15 is 0 Å². The minimum Gasteiger partial charge on any atom is -0.394 e. The van der Waals surface area contributed by atoms with E-state index in [2.05, 4.69) is 31.9 Å². The predicted molar refractivity (Wildman–Crippen MR) is 264 cm³/mol. The summed E-state index contributed by atoms with van der Waals surface area (Å²) in [7, 11) is 0. The Kier molecular flexibility index (Phi) is 48.2. The third kappa shape index (κ3) is 41.9. The largest absolute Gasteiger partial charge is 0.394 e. The van der Waals surface area contributed by atoms with E-state index < -0.39 is 36.9 Å². The standard InChI is InChI=1S/C49H104N8O7/c50-30-18-22-32-52-34-24-26-36-54-40-43(41-55-37-27-25-35-53-33-23-19-31-51)28-16-13-15-20-38-56-45(60)29-17-12-10-8-6-4-2-1-3-5-7-9-11-14-21-39-57-49(64)48(63)47(62)46(61)44(59)42-58/h43-44,46-48,52-55,58-59,61-63H,1-42,50-51H2,(H,56,60)(H,57,64)/t44-,46-,47+,48-/m1/s1. The van der Waals surface area contributed by atoms with Crippen LogP contribution in [0.2, 0.25) is 0 Å². The zero-order valence-corrected chi connectivity index (χ0v) is 40.8. The molecule has 0 saturated carbocycles. The van der Waals surface area contributed by atoms with Crippen molar-refractivity contribution in [2.45, 2.75) is 211 Å². The van der Waals surface area contributed by atoms with Crippen LogP contribution >= 0.6 is 0 Å². The Morgan fingerprint density at radius 3 is 1.20 bits per heavy atom. The lowest BCUT2D eigenvalue weighted by Gasteiger charge is -2.24. The van der Waals surface area contributed by atoms with Crippen molar-refractivity contribution in [3.05, 3.63) is 0 Å². The molecule has 0 rings (SSSR count). The van der Waals surface area contributed by atoms with Crippen LogP contribution in [0.4, 0.5) is 0 Å². The van der Waals surface area contributed by atoms with E-state index in [1.54, 1.807) is 0 Å². The average molecular weight is 917 g/mol. The molecule has 4 atom stereocenters. The van der Waals surface area contributed by atoms with Crippen LogP contribution in [-0.4, -0.2) is 147 Å². The number of carbonyl (C=O) groups excluding carboxylic acids is 2. The molecule has 15 N–H and O–H groups in total. The third-order valence-electron chi connectivity index (χ3n) is 12.2. The van der Waals surface area contributed by atoms with Gasteiger partial charge in [-0.2, -0.15) is 0 Å². The van der Waals surface area contributed by atoms with Gasteiger partial charge < -0.3 is 68.9 Å². The second kappa shape index (κ2) is 49.4. The van der Waals surface area contributed by atoms with E-state index in [9.17, 15) is 30.0 Å². The number of hydrogen-bond acceptors (Lipinski definition) is 13. The van der Waals surface area contributed by atoms with Crippen molar-refractivity contribution >= 4 is 11.8 Å². The van der Waals surface area contributed by atoms with Gasteiger partial charge in [-0.05, 0) is 148 Å². The summed E-state index contributed by atoms with van der Waals surface area (Å²) in [6, 6.07) is 0. The lowest BCUT2D eigenvalue weighted by atomic mass is 10.00. The van der Waals surface area contributed by atoms with E-state index in [1.165, 1.54) is 122 Å². The maximum atomic E-state index is 12.4. The van der Waals surface area contributed by atoms with E-state index in [1.807, 2.05) is 0 Å². The molecule has 0 heterocycles. The molecule has 0 unspecified atom stereocenters. The predicted octanol–water partition coefficient (Wildman–Crippen LogP) is 3.86. The van der Waals surface area contributed by atoms with Gasteiger partial charge in [-0.25, -0.2) is 0 Å². The average Bonchev–Trinajstić information content (AvgIpc) is 3.30. The summed E-state index contributed by atoms with van der Waals surface area (Å²) in [6.45, 7) is 10.6. The van der Waals surface area contributed by atoms with E-state index in [0.29, 0.717) is 18.9 Å². The van der Waals surface area contributed by atoms with Crippen molar-refractivity contribution in [1.82, 2.24) is 31.9 Å². The third-order valence-corrected chi connectivity index (χ3v) is 12.2. The summed E-state index contributed by atoms with van der Waals surface area (Å²) in [6.07, 6.45) is 26.2. The highest BCUT2D eigenvalue weighted by molar-refractivity contribution is 5.81. The molecular weight excluding hydrogens is 813 g/mol. The van der Waals surface area contributed by atoms with Crippen molar-refractivity contribution in [1.29, 1.82) is 0 Å². The Balaban J connectivity index is 3.78. The fraction of sp³-hybridized carbons (Fsp3) is 0.959. The highest BCUT2D eigenvalue weighted by atomic mass is 16.4. The number of nitrogens with two attached hydrogens (primary N) is 2. The molecule has 0 aromatic carbocycles. The van der Waals surface area contributed by atoms with Gasteiger partial charge in [-0.3, -0.25) is 9.59 Å². The van der Waals surface area contributed by atoms with Crippen LogP contribution in [0.1, 0.15) is 186 Å². The zero-order valence-electron chi connectivity index (χ0n) is 40.8. The minimum atomic E-state index is -1.88. The summed E-state index contributed by atoms with van der Waals surface area (Å²) in [4.78, 5) is 24.3. The van der Waals surface area contributed by atoms with E-state index in [0.717, 1.165) is 130 Å². The molecule has 0 bridgehead atoms. The summed E-state index contributed by atoms with van der Waals surface area (Å²) >= 11 is 0. The lowest BCUT2D eigenvalue weighted by molar-refractivity contribution is -0.148. The van der Waals surface area contributed by atoms with Gasteiger partial charge >= 0.3 is 0 Å². The Morgan fingerprint density at radius 2 is 0.766 bits per heavy atom. The molecule has 15 nitrogen and oxygen atoms in total. The van der Waals surface area contributed by atoms with Gasteiger partial charge in [0.2, 0.25) is 5.91 Å². The van der Waals surface area contributed by atoms with Crippen molar-refractivity contribution in [2.75, 3.05) is 85.1 Å². The second-order valence-electron chi connectivity index (χ2n) is 18.3. The van der Waals surface area contributed by atoms with Crippen molar-refractivity contribution < 1.29 is 35.1 Å². The van der Waals surface area contributed by atoms with Crippen LogP contribution in [0.5, 0.6) is 0 Å². The van der Waals surface area contributed by atoms with Gasteiger partial charge in [0.05, 0.1) is 6.61 Å². The van der Waals surface area contributed by atoms with Crippen molar-refractivity contribution in [3.8, 4) is 0 Å².